The monoisotopic (exact) mass is 640 g/mol. The lowest BCUT2D eigenvalue weighted by Crippen LogP contribution is -2.00. The first-order chi connectivity index (χ1) is 24.8. The molecule has 0 N–H and O–H groups in total. The number of furan rings is 1. The SMILES string of the molecule is c1ccc(-c2cccc(-c3nc(-c4ccccc4)nc(-c4ccc5oc6cc(-n7c8ccccc8c8ccccc87)ccc6c5c4)n3)c2)cc1. The minimum Gasteiger partial charge on any atom is -0.456 e. The van der Waals surface area contributed by atoms with Gasteiger partial charge in [-0.1, -0.05) is 115 Å². The Bertz CT molecular complexity index is 2820. The van der Waals surface area contributed by atoms with Crippen LogP contribution < -0.4 is 0 Å². The predicted molar refractivity (Wildman–Crippen MR) is 203 cm³/mol. The van der Waals surface area contributed by atoms with Gasteiger partial charge in [-0.25, -0.2) is 15.0 Å². The molecule has 10 aromatic rings. The van der Waals surface area contributed by atoms with Gasteiger partial charge in [0.2, 0.25) is 0 Å². The Balaban J connectivity index is 1.11. The molecule has 0 aliphatic carbocycles. The number of nitrogens with zero attached hydrogens (tertiary/aromatic N) is 4. The molecule has 0 amide bonds. The molecule has 0 aliphatic heterocycles. The van der Waals surface area contributed by atoms with Crippen molar-refractivity contribution >= 4 is 43.7 Å². The molecule has 5 heteroatoms. The first kappa shape index (κ1) is 28.2. The van der Waals surface area contributed by atoms with Gasteiger partial charge in [-0.05, 0) is 59.7 Å². The molecule has 0 bridgehead atoms. The molecule has 0 atom stereocenters. The highest BCUT2D eigenvalue weighted by Gasteiger charge is 2.17. The van der Waals surface area contributed by atoms with Crippen LogP contribution in [0, 0.1) is 0 Å². The maximum absolute atomic E-state index is 6.48. The number of rotatable bonds is 5. The molecule has 0 spiro atoms. The number of fused-ring (bicyclic) bond motifs is 6. The highest BCUT2D eigenvalue weighted by Crippen LogP contribution is 2.37. The molecule has 0 radical (unpaired) electrons. The third kappa shape index (κ3) is 4.67. The number of para-hydroxylation sites is 2. The second kappa shape index (κ2) is 11.4. The Morgan fingerprint density at radius 2 is 0.900 bits per heavy atom. The van der Waals surface area contributed by atoms with Crippen LogP contribution in [0.3, 0.4) is 0 Å². The van der Waals surface area contributed by atoms with Crippen molar-refractivity contribution < 1.29 is 4.42 Å². The lowest BCUT2D eigenvalue weighted by Gasteiger charge is -2.10. The van der Waals surface area contributed by atoms with Crippen LogP contribution in [0.1, 0.15) is 0 Å². The minimum absolute atomic E-state index is 0.608. The van der Waals surface area contributed by atoms with Gasteiger partial charge in [0.05, 0.1) is 11.0 Å². The number of hydrogen-bond donors (Lipinski definition) is 0. The van der Waals surface area contributed by atoms with E-state index in [0.717, 1.165) is 55.4 Å². The maximum Gasteiger partial charge on any atom is 0.164 e. The summed E-state index contributed by atoms with van der Waals surface area (Å²) < 4.78 is 8.79. The maximum atomic E-state index is 6.48. The van der Waals surface area contributed by atoms with Gasteiger partial charge in [0, 0.05) is 50.0 Å². The molecular formula is C45H28N4O. The Morgan fingerprint density at radius 1 is 0.340 bits per heavy atom. The predicted octanol–water partition coefficient (Wildman–Crippen LogP) is 11.5. The average molecular weight is 641 g/mol. The molecule has 50 heavy (non-hydrogen) atoms. The standard InChI is InChI=1S/C45H28N4O/c1-3-12-29(13-4-1)31-16-11-17-32(26-31)44-46-43(30-14-5-2-6-15-30)47-45(48-44)33-22-25-41-38(27-33)37-24-23-34(28-42(37)50-41)49-39-20-9-7-18-35(39)36-19-8-10-21-40(36)49/h1-28H. The van der Waals surface area contributed by atoms with E-state index in [-0.39, 0.29) is 0 Å². The third-order valence-corrected chi connectivity index (χ3v) is 9.45. The molecule has 7 aromatic carbocycles. The lowest BCUT2D eigenvalue weighted by atomic mass is 10.0. The smallest absolute Gasteiger partial charge is 0.164 e. The van der Waals surface area contributed by atoms with Crippen LogP contribution in [-0.4, -0.2) is 19.5 Å². The zero-order chi connectivity index (χ0) is 33.0. The summed E-state index contributed by atoms with van der Waals surface area (Å²) in [5, 5.41) is 4.52. The number of benzene rings is 7. The van der Waals surface area contributed by atoms with Gasteiger partial charge in [0.15, 0.2) is 17.5 Å². The van der Waals surface area contributed by atoms with Crippen LogP contribution in [-0.2, 0) is 0 Å². The summed E-state index contributed by atoms with van der Waals surface area (Å²) >= 11 is 0. The van der Waals surface area contributed by atoms with E-state index in [1.165, 1.54) is 21.8 Å². The van der Waals surface area contributed by atoms with Crippen molar-refractivity contribution in [3.05, 3.63) is 170 Å². The minimum atomic E-state index is 0.608. The van der Waals surface area contributed by atoms with Gasteiger partial charge in [0.25, 0.3) is 0 Å². The van der Waals surface area contributed by atoms with Crippen molar-refractivity contribution in [2.45, 2.75) is 0 Å². The van der Waals surface area contributed by atoms with Crippen molar-refractivity contribution in [3.8, 4) is 51.0 Å². The van der Waals surface area contributed by atoms with E-state index in [9.17, 15) is 0 Å². The molecule has 10 rings (SSSR count). The van der Waals surface area contributed by atoms with Gasteiger partial charge < -0.3 is 8.98 Å². The van der Waals surface area contributed by atoms with E-state index < -0.39 is 0 Å². The molecule has 3 heterocycles. The molecule has 0 aliphatic rings. The summed E-state index contributed by atoms with van der Waals surface area (Å²) in [5.41, 5.74) is 10.0. The summed E-state index contributed by atoms with van der Waals surface area (Å²) in [6, 6.07) is 58.6. The summed E-state index contributed by atoms with van der Waals surface area (Å²) in [5.74, 6) is 1.86. The summed E-state index contributed by atoms with van der Waals surface area (Å²) in [4.78, 5) is 15.0. The Morgan fingerprint density at radius 3 is 1.60 bits per heavy atom. The van der Waals surface area contributed by atoms with Crippen LogP contribution in [0.25, 0.3) is 94.7 Å². The molecule has 234 valence electrons. The van der Waals surface area contributed by atoms with Crippen LogP contribution in [0.4, 0.5) is 0 Å². The molecule has 0 saturated heterocycles. The highest BCUT2D eigenvalue weighted by molar-refractivity contribution is 6.10. The molecule has 3 aromatic heterocycles. The third-order valence-electron chi connectivity index (χ3n) is 9.45. The van der Waals surface area contributed by atoms with E-state index in [1.807, 2.05) is 48.5 Å². The van der Waals surface area contributed by atoms with Crippen LogP contribution in [0.15, 0.2) is 174 Å². The van der Waals surface area contributed by atoms with Crippen molar-refractivity contribution in [3.63, 3.8) is 0 Å². The van der Waals surface area contributed by atoms with Crippen LogP contribution in [0.5, 0.6) is 0 Å². The van der Waals surface area contributed by atoms with Crippen molar-refractivity contribution in [2.24, 2.45) is 0 Å². The zero-order valence-electron chi connectivity index (χ0n) is 26.9. The van der Waals surface area contributed by atoms with E-state index >= 15 is 0 Å². The second-order valence-corrected chi connectivity index (χ2v) is 12.5. The van der Waals surface area contributed by atoms with E-state index in [4.69, 9.17) is 19.4 Å². The Hall–Kier alpha value is -6.85. The Kier molecular flexibility index (Phi) is 6.42. The van der Waals surface area contributed by atoms with E-state index in [1.54, 1.807) is 0 Å². The van der Waals surface area contributed by atoms with Crippen molar-refractivity contribution in [1.82, 2.24) is 19.5 Å². The molecule has 0 fully saturated rings. The molecule has 0 unspecified atom stereocenters. The number of hydrogen-bond acceptors (Lipinski definition) is 4. The first-order valence-corrected chi connectivity index (χ1v) is 16.7. The zero-order valence-corrected chi connectivity index (χ0v) is 26.9. The summed E-state index contributed by atoms with van der Waals surface area (Å²) in [6.45, 7) is 0. The molecular weight excluding hydrogens is 613 g/mol. The van der Waals surface area contributed by atoms with Gasteiger partial charge in [-0.3, -0.25) is 0 Å². The number of aromatic nitrogens is 4. The van der Waals surface area contributed by atoms with Crippen molar-refractivity contribution in [1.29, 1.82) is 0 Å². The first-order valence-electron chi connectivity index (χ1n) is 16.7. The Labute approximate surface area is 287 Å². The fraction of sp³-hybridized carbons (Fsp3) is 0. The average Bonchev–Trinajstić information content (AvgIpc) is 3.73. The quantitative estimate of drug-likeness (QED) is 0.188. The van der Waals surface area contributed by atoms with Gasteiger partial charge in [-0.15, -0.1) is 0 Å². The normalized spacial score (nSPS) is 11.6. The summed E-state index contributed by atoms with van der Waals surface area (Å²) in [7, 11) is 0. The van der Waals surface area contributed by atoms with E-state index in [2.05, 4.69) is 126 Å². The topological polar surface area (TPSA) is 56.7 Å². The van der Waals surface area contributed by atoms with Crippen LogP contribution >= 0.6 is 0 Å². The van der Waals surface area contributed by atoms with Crippen molar-refractivity contribution in [2.75, 3.05) is 0 Å². The van der Waals surface area contributed by atoms with Gasteiger partial charge in [0.1, 0.15) is 11.2 Å². The fourth-order valence-electron chi connectivity index (χ4n) is 7.06. The summed E-state index contributed by atoms with van der Waals surface area (Å²) in [6.07, 6.45) is 0. The van der Waals surface area contributed by atoms with E-state index in [0.29, 0.717) is 17.5 Å². The second-order valence-electron chi connectivity index (χ2n) is 12.5. The largest absolute Gasteiger partial charge is 0.456 e. The lowest BCUT2D eigenvalue weighted by molar-refractivity contribution is 0.668. The van der Waals surface area contributed by atoms with Gasteiger partial charge in [-0.2, -0.15) is 0 Å². The van der Waals surface area contributed by atoms with Crippen LogP contribution in [0.2, 0.25) is 0 Å². The highest BCUT2D eigenvalue weighted by atomic mass is 16.3. The van der Waals surface area contributed by atoms with Gasteiger partial charge >= 0.3 is 0 Å². The molecule has 0 saturated carbocycles. The molecule has 5 nitrogen and oxygen atoms in total. The fourth-order valence-corrected chi connectivity index (χ4v) is 7.06.